The van der Waals surface area contributed by atoms with Crippen LogP contribution < -0.4 is 5.32 Å². The summed E-state index contributed by atoms with van der Waals surface area (Å²) in [5.41, 5.74) is 1.39. The maximum Gasteiger partial charge on any atom is 0.132 e. The topological polar surface area (TPSA) is 24.9 Å². The van der Waals surface area contributed by atoms with E-state index < -0.39 is 0 Å². The number of nitrogens with zero attached hydrogens (tertiary/aromatic N) is 1. The molecule has 0 amide bonds. The summed E-state index contributed by atoms with van der Waals surface area (Å²) in [5.74, 6) is -0.216. The molecule has 0 fully saturated rings. The van der Waals surface area contributed by atoms with E-state index in [1.54, 1.807) is 23.5 Å². The molecule has 19 heavy (non-hydrogen) atoms. The third-order valence-corrected chi connectivity index (χ3v) is 3.71. The molecule has 1 N–H and O–H groups in total. The first-order valence-electron chi connectivity index (χ1n) is 6.33. The summed E-state index contributed by atoms with van der Waals surface area (Å²) in [5, 5.41) is 4.39. The summed E-state index contributed by atoms with van der Waals surface area (Å²) in [4.78, 5) is 5.61. The summed E-state index contributed by atoms with van der Waals surface area (Å²) in [6.45, 7) is 9.05. The molecule has 0 spiro atoms. The van der Waals surface area contributed by atoms with E-state index in [9.17, 15) is 4.39 Å². The van der Waals surface area contributed by atoms with Crippen molar-refractivity contribution in [2.45, 2.75) is 39.8 Å². The van der Waals surface area contributed by atoms with Crippen LogP contribution in [-0.2, 0) is 6.54 Å². The normalized spacial score (nSPS) is 11.8. The van der Waals surface area contributed by atoms with Gasteiger partial charge in [-0.05, 0) is 39.8 Å². The molecule has 0 atom stereocenters. The number of benzene rings is 1. The van der Waals surface area contributed by atoms with E-state index in [0.29, 0.717) is 12.1 Å². The van der Waals surface area contributed by atoms with Gasteiger partial charge in [-0.3, -0.25) is 0 Å². The number of aromatic nitrogens is 1. The number of hydrogen-bond acceptors (Lipinski definition) is 3. The zero-order valence-electron chi connectivity index (χ0n) is 11.7. The van der Waals surface area contributed by atoms with Crippen LogP contribution >= 0.6 is 11.3 Å². The van der Waals surface area contributed by atoms with Gasteiger partial charge in [-0.2, -0.15) is 0 Å². The van der Waals surface area contributed by atoms with Crippen LogP contribution in [0.2, 0.25) is 0 Å². The molecule has 1 heterocycles. The molecule has 2 nitrogen and oxygen atoms in total. The van der Waals surface area contributed by atoms with Crippen molar-refractivity contribution in [3.8, 4) is 11.3 Å². The Morgan fingerprint density at radius 3 is 2.58 bits per heavy atom. The molecule has 4 heteroatoms. The first-order valence-corrected chi connectivity index (χ1v) is 7.15. The molecule has 0 aliphatic carbocycles. The number of hydrogen-bond donors (Lipinski definition) is 1. The van der Waals surface area contributed by atoms with Gasteiger partial charge in [-0.25, -0.2) is 9.37 Å². The Bertz CT molecular complexity index is 570. The molecular weight excluding hydrogens is 259 g/mol. The second kappa shape index (κ2) is 5.39. The lowest BCUT2D eigenvalue weighted by atomic mass is 10.1. The fourth-order valence-corrected chi connectivity index (χ4v) is 2.66. The van der Waals surface area contributed by atoms with Gasteiger partial charge < -0.3 is 5.32 Å². The minimum absolute atomic E-state index is 0.0533. The fourth-order valence-electron chi connectivity index (χ4n) is 1.77. The van der Waals surface area contributed by atoms with Crippen LogP contribution in [0.15, 0.2) is 24.3 Å². The molecule has 2 rings (SSSR count). The molecule has 1 aromatic carbocycles. The van der Waals surface area contributed by atoms with E-state index in [0.717, 1.165) is 15.6 Å². The number of aryl methyl sites for hydroxylation is 1. The number of thiazole rings is 1. The van der Waals surface area contributed by atoms with Crippen LogP contribution in [0.3, 0.4) is 0 Å². The second-order valence-corrected chi connectivity index (χ2v) is 6.88. The fraction of sp³-hybridized carbons (Fsp3) is 0.400. The molecule has 0 aliphatic heterocycles. The van der Waals surface area contributed by atoms with Crippen molar-refractivity contribution in [3.05, 3.63) is 40.0 Å². The summed E-state index contributed by atoms with van der Waals surface area (Å²) < 4.78 is 13.8. The molecule has 0 saturated heterocycles. The van der Waals surface area contributed by atoms with E-state index in [1.807, 2.05) is 13.0 Å². The van der Waals surface area contributed by atoms with Crippen molar-refractivity contribution in [1.29, 1.82) is 0 Å². The maximum atomic E-state index is 13.8. The summed E-state index contributed by atoms with van der Waals surface area (Å²) in [6.07, 6.45) is 0. The number of halogens is 1. The van der Waals surface area contributed by atoms with Gasteiger partial charge >= 0.3 is 0 Å². The molecule has 2 aromatic rings. The van der Waals surface area contributed by atoms with E-state index in [-0.39, 0.29) is 11.4 Å². The summed E-state index contributed by atoms with van der Waals surface area (Å²) in [6, 6.07) is 6.78. The van der Waals surface area contributed by atoms with Crippen LogP contribution in [0.1, 0.15) is 30.7 Å². The zero-order chi connectivity index (χ0) is 14.0. The standard InChI is InChI=1S/C15H19FN2S/c1-10-14(11-7-5-6-8-12(11)16)18-13(19-10)9-17-15(2,3)4/h5-8,17H,9H2,1-4H3. The Balaban J connectivity index is 2.25. The van der Waals surface area contributed by atoms with Gasteiger partial charge in [0.1, 0.15) is 10.8 Å². The van der Waals surface area contributed by atoms with E-state index in [2.05, 4.69) is 31.1 Å². The van der Waals surface area contributed by atoms with Gasteiger partial charge in [0.25, 0.3) is 0 Å². The molecule has 0 radical (unpaired) electrons. The van der Waals surface area contributed by atoms with Crippen molar-refractivity contribution in [2.75, 3.05) is 0 Å². The highest BCUT2D eigenvalue weighted by molar-refractivity contribution is 7.12. The largest absolute Gasteiger partial charge is 0.306 e. The second-order valence-electron chi connectivity index (χ2n) is 5.60. The first-order chi connectivity index (χ1) is 8.87. The van der Waals surface area contributed by atoms with Gasteiger partial charge in [-0.15, -0.1) is 11.3 Å². The van der Waals surface area contributed by atoms with Gasteiger partial charge in [-0.1, -0.05) is 12.1 Å². The molecule has 0 aliphatic rings. The van der Waals surface area contributed by atoms with Crippen molar-refractivity contribution in [2.24, 2.45) is 0 Å². The van der Waals surface area contributed by atoms with E-state index in [1.165, 1.54) is 6.07 Å². The van der Waals surface area contributed by atoms with E-state index in [4.69, 9.17) is 0 Å². The summed E-state index contributed by atoms with van der Waals surface area (Å²) in [7, 11) is 0. The lowest BCUT2D eigenvalue weighted by molar-refractivity contribution is 0.424. The average molecular weight is 278 g/mol. The predicted molar refractivity (Wildman–Crippen MR) is 78.8 cm³/mol. The lowest BCUT2D eigenvalue weighted by Gasteiger charge is -2.19. The number of rotatable bonds is 3. The Morgan fingerprint density at radius 2 is 1.95 bits per heavy atom. The molecule has 0 bridgehead atoms. The molecule has 1 aromatic heterocycles. The van der Waals surface area contributed by atoms with Crippen molar-refractivity contribution in [3.63, 3.8) is 0 Å². The van der Waals surface area contributed by atoms with Crippen LogP contribution in [0.4, 0.5) is 4.39 Å². The van der Waals surface area contributed by atoms with E-state index >= 15 is 0 Å². The van der Waals surface area contributed by atoms with Crippen molar-refractivity contribution >= 4 is 11.3 Å². The van der Waals surface area contributed by atoms with Gasteiger partial charge in [0.05, 0.1) is 5.69 Å². The smallest absolute Gasteiger partial charge is 0.132 e. The maximum absolute atomic E-state index is 13.8. The predicted octanol–water partition coefficient (Wildman–Crippen LogP) is 4.15. The van der Waals surface area contributed by atoms with Gasteiger partial charge in [0.15, 0.2) is 0 Å². The van der Waals surface area contributed by atoms with Crippen LogP contribution in [-0.4, -0.2) is 10.5 Å². The molecule has 102 valence electrons. The van der Waals surface area contributed by atoms with Crippen LogP contribution in [0, 0.1) is 12.7 Å². The van der Waals surface area contributed by atoms with Crippen molar-refractivity contribution < 1.29 is 4.39 Å². The third kappa shape index (κ3) is 3.61. The summed E-state index contributed by atoms with van der Waals surface area (Å²) >= 11 is 1.62. The Kier molecular flexibility index (Phi) is 4.02. The quantitative estimate of drug-likeness (QED) is 0.912. The lowest BCUT2D eigenvalue weighted by Crippen LogP contribution is -2.34. The van der Waals surface area contributed by atoms with Crippen LogP contribution in [0.25, 0.3) is 11.3 Å². The Morgan fingerprint density at radius 1 is 1.26 bits per heavy atom. The Labute approximate surface area is 117 Å². The van der Waals surface area contributed by atoms with Crippen LogP contribution in [0.5, 0.6) is 0 Å². The van der Waals surface area contributed by atoms with Gasteiger partial charge in [0, 0.05) is 22.5 Å². The highest BCUT2D eigenvalue weighted by Gasteiger charge is 2.15. The number of nitrogens with one attached hydrogen (secondary N) is 1. The van der Waals surface area contributed by atoms with Crippen molar-refractivity contribution in [1.82, 2.24) is 10.3 Å². The third-order valence-electron chi connectivity index (χ3n) is 2.74. The minimum atomic E-state index is -0.216. The SMILES string of the molecule is Cc1sc(CNC(C)(C)C)nc1-c1ccccc1F. The highest BCUT2D eigenvalue weighted by atomic mass is 32.1. The minimum Gasteiger partial charge on any atom is -0.306 e. The first kappa shape index (κ1) is 14.2. The monoisotopic (exact) mass is 278 g/mol. The molecular formula is C15H19FN2S. The Hall–Kier alpha value is -1.26. The average Bonchev–Trinajstić information content (AvgIpc) is 2.68. The zero-order valence-corrected chi connectivity index (χ0v) is 12.6. The molecule has 0 unspecified atom stereocenters. The van der Waals surface area contributed by atoms with Gasteiger partial charge in [0.2, 0.25) is 0 Å². The molecule has 0 saturated carbocycles. The highest BCUT2D eigenvalue weighted by Crippen LogP contribution is 2.29.